The molecule has 0 saturated heterocycles. The second-order valence-corrected chi connectivity index (χ2v) is 14.3. The molecule has 54 heavy (non-hydrogen) atoms. The van der Waals surface area contributed by atoms with Crippen molar-refractivity contribution in [1.29, 1.82) is 0 Å². The largest absolute Gasteiger partial charge is 0.278 e. The van der Waals surface area contributed by atoms with Gasteiger partial charge in [0.15, 0.2) is 11.6 Å². The molecule has 2 heterocycles. The summed E-state index contributed by atoms with van der Waals surface area (Å²) in [6.07, 6.45) is 0. The van der Waals surface area contributed by atoms with Gasteiger partial charge in [0.1, 0.15) is 0 Å². The zero-order valence-electron chi connectivity index (χ0n) is 29.1. The van der Waals surface area contributed by atoms with Crippen LogP contribution in [0.5, 0.6) is 0 Å². The molecule has 0 bridgehead atoms. The van der Waals surface area contributed by atoms with E-state index in [1.54, 1.807) is 0 Å². The molecule has 2 aliphatic carbocycles. The van der Waals surface area contributed by atoms with Gasteiger partial charge in [-0.2, -0.15) is 9.97 Å². The van der Waals surface area contributed by atoms with E-state index in [1.807, 2.05) is 36.4 Å². The van der Waals surface area contributed by atoms with Crippen LogP contribution in [0, 0.1) is 0 Å². The summed E-state index contributed by atoms with van der Waals surface area (Å²) < 4.78 is 0. The van der Waals surface area contributed by atoms with Crippen LogP contribution in [-0.2, 0) is 5.41 Å². The highest BCUT2D eigenvalue weighted by Gasteiger charge is 2.50. The fraction of sp³-hybridized carbons (Fsp3) is 0.0200. The van der Waals surface area contributed by atoms with E-state index in [2.05, 4.69) is 150 Å². The van der Waals surface area contributed by atoms with E-state index in [0.717, 1.165) is 28.1 Å². The second kappa shape index (κ2) is 10.9. The maximum Gasteiger partial charge on any atom is 0.238 e. The third-order valence-corrected chi connectivity index (χ3v) is 11.7. The maximum absolute atomic E-state index is 5.26. The monoisotopic (exact) mass is 686 g/mol. The zero-order chi connectivity index (χ0) is 35.4. The van der Waals surface area contributed by atoms with Gasteiger partial charge in [-0.15, -0.1) is 0 Å². The van der Waals surface area contributed by atoms with Gasteiger partial charge >= 0.3 is 0 Å². The highest BCUT2D eigenvalue weighted by Crippen LogP contribution is 2.64. The Morgan fingerprint density at radius 2 is 0.778 bits per heavy atom. The van der Waals surface area contributed by atoms with Crippen LogP contribution < -0.4 is 4.90 Å². The number of nitrogens with zero attached hydrogens (tertiary/aromatic N) is 4. The summed E-state index contributed by atoms with van der Waals surface area (Å²) in [5.41, 5.74) is 16.3. The highest BCUT2D eigenvalue weighted by atomic mass is 15.3. The van der Waals surface area contributed by atoms with Crippen LogP contribution in [0.3, 0.4) is 0 Å². The van der Waals surface area contributed by atoms with E-state index in [4.69, 9.17) is 15.0 Å². The Kier molecular flexibility index (Phi) is 5.95. The number of para-hydroxylation sites is 1. The van der Waals surface area contributed by atoms with Gasteiger partial charge in [-0.1, -0.05) is 170 Å². The molecule has 0 unspecified atom stereocenters. The van der Waals surface area contributed by atoms with Gasteiger partial charge in [-0.25, -0.2) is 4.98 Å². The Labute approximate surface area is 312 Å². The fourth-order valence-corrected chi connectivity index (χ4v) is 9.57. The van der Waals surface area contributed by atoms with Crippen molar-refractivity contribution in [2.45, 2.75) is 5.41 Å². The molecule has 0 fully saturated rings. The number of anilines is 3. The molecule has 4 nitrogen and oxygen atoms in total. The van der Waals surface area contributed by atoms with Crippen LogP contribution in [0.4, 0.5) is 17.3 Å². The van der Waals surface area contributed by atoms with Crippen molar-refractivity contribution >= 4 is 28.1 Å². The molecule has 0 saturated carbocycles. The third kappa shape index (κ3) is 3.79. The summed E-state index contributed by atoms with van der Waals surface area (Å²) in [7, 11) is 0. The van der Waals surface area contributed by atoms with Gasteiger partial charge in [0.2, 0.25) is 5.95 Å². The Morgan fingerprint density at radius 1 is 0.315 bits per heavy atom. The summed E-state index contributed by atoms with van der Waals surface area (Å²) in [5, 5.41) is 2.48. The molecule has 1 aliphatic heterocycles. The SMILES string of the molecule is c1ccc(-c2nc(-c3ccccc3)nc(N3c4ccccc4-c4ccc5c6c(ccc3c46)C3(c4ccccc4-c4ccccc43)c3ccccc3-5)n2)cc1. The number of benzene rings is 8. The summed E-state index contributed by atoms with van der Waals surface area (Å²) >= 11 is 0. The normalized spacial score (nSPS) is 13.7. The molecule has 4 heteroatoms. The first-order chi connectivity index (χ1) is 26.8. The van der Waals surface area contributed by atoms with Gasteiger partial charge in [-0.3, -0.25) is 4.90 Å². The van der Waals surface area contributed by atoms with Crippen molar-refractivity contribution < 1.29 is 0 Å². The molecule has 0 N–H and O–H groups in total. The smallest absolute Gasteiger partial charge is 0.238 e. The number of rotatable bonds is 3. The zero-order valence-corrected chi connectivity index (χ0v) is 29.1. The minimum Gasteiger partial charge on any atom is -0.278 e. The van der Waals surface area contributed by atoms with E-state index < -0.39 is 5.41 Å². The van der Waals surface area contributed by atoms with E-state index in [9.17, 15) is 0 Å². The van der Waals surface area contributed by atoms with Crippen LogP contribution in [0.15, 0.2) is 182 Å². The molecule has 0 atom stereocenters. The average Bonchev–Trinajstić information content (AvgIpc) is 3.54. The van der Waals surface area contributed by atoms with Crippen LogP contribution in [0.25, 0.3) is 66.9 Å². The first kappa shape index (κ1) is 29.4. The predicted molar refractivity (Wildman–Crippen MR) is 218 cm³/mol. The second-order valence-electron chi connectivity index (χ2n) is 14.3. The standard InChI is InChI=1S/C50H30N4/c1-3-15-31(16-4-1)47-51-48(32-17-5-2-6-18-32)53-49(52-47)54-43-26-14-10-22-36(43)38-28-27-37-35-21-9-13-25-41(35)50(42-29-30-44(54)46(38)45(37)42)39-23-11-7-19-33(39)34-20-8-12-24-40(34)50/h1-30H. The first-order valence-corrected chi connectivity index (χ1v) is 18.5. The molecule has 3 aliphatic rings. The Bertz CT molecular complexity index is 2900. The van der Waals surface area contributed by atoms with Crippen molar-refractivity contribution in [3.8, 4) is 56.2 Å². The topological polar surface area (TPSA) is 41.9 Å². The summed E-state index contributed by atoms with van der Waals surface area (Å²) in [6, 6.07) is 65.5. The van der Waals surface area contributed by atoms with Gasteiger partial charge in [0.05, 0.1) is 16.8 Å². The van der Waals surface area contributed by atoms with Crippen LogP contribution in [0.2, 0.25) is 0 Å². The first-order valence-electron chi connectivity index (χ1n) is 18.5. The van der Waals surface area contributed by atoms with E-state index in [0.29, 0.717) is 17.6 Å². The Morgan fingerprint density at radius 3 is 1.35 bits per heavy atom. The lowest BCUT2D eigenvalue weighted by Gasteiger charge is -2.42. The number of fused-ring (bicyclic) bond motifs is 11. The maximum atomic E-state index is 5.26. The van der Waals surface area contributed by atoms with Crippen LogP contribution >= 0.6 is 0 Å². The molecular weight excluding hydrogens is 657 g/mol. The Balaban J connectivity index is 1.21. The molecule has 0 amide bonds. The summed E-state index contributed by atoms with van der Waals surface area (Å²) in [4.78, 5) is 17.8. The van der Waals surface area contributed by atoms with Crippen molar-refractivity contribution in [3.05, 3.63) is 204 Å². The third-order valence-electron chi connectivity index (χ3n) is 11.7. The molecule has 1 aromatic heterocycles. The number of aromatic nitrogens is 3. The van der Waals surface area contributed by atoms with Gasteiger partial charge in [0.25, 0.3) is 0 Å². The molecular formula is C50H30N4. The molecule has 9 aromatic rings. The van der Waals surface area contributed by atoms with E-state index >= 15 is 0 Å². The lowest BCUT2D eigenvalue weighted by molar-refractivity contribution is 0.773. The lowest BCUT2D eigenvalue weighted by Crippen LogP contribution is -2.32. The molecule has 0 radical (unpaired) electrons. The predicted octanol–water partition coefficient (Wildman–Crippen LogP) is 12.2. The lowest BCUT2D eigenvalue weighted by atomic mass is 9.61. The van der Waals surface area contributed by atoms with Gasteiger partial charge in [0, 0.05) is 22.1 Å². The number of hydrogen-bond acceptors (Lipinski definition) is 4. The van der Waals surface area contributed by atoms with E-state index in [-0.39, 0.29) is 0 Å². The summed E-state index contributed by atoms with van der Waals surface area (Å²) in [5.74, 6) is 1.86. The van der Waals surface area contributed by atoms with Crippen molar-refractivity contribution in [2.75, 3.05) is 4.90 Å². The minimum absolute atomic E-state index is 0.482. The molecule has 12 rings (SSSR count). The highest BCUT2D eigenvalue weighted by molar-refractivity contribution is 6.20. The average molecular weight is 687 g/mol. The van der Waals surface area contributed by atoms with Crippen molar-refractivity contribution in [1.82, 2.24) is 15.0 Å². The summed E-state index contributed by atoms with van der Waals surface area (Å²) in [6.45, 7) is 0. The minimum atomic E-state index is -0.482. The van der Waals surface area contributed by atoms with Gasteiger partial charge in [-0.05, 0) is 67.6 Å². The fourth-order valence-electron chi connectivity index (χ4n) is 9.57. The Hall–Kier alpha value is -7.17. The molecule has 8 aromatic carbocycles. The van der Waals surface area contributed by atoms with Crippen molar-refractivity contribution in [2.24, 2.45) is 0 Å². The van der Waals surface area contributed by atoms with E-state index in [1.165, 1.54) is 60.8 Å². The quantitative estimate of drug-likeness (QED) is 0.186. The van der Waals surface area contributed by atoms with Crippen molar-refractivity contribution in [3.63, 3.8) is 0 Å². The molecule has 1 spiro atoms. The van der Waals surface area contributed by atoms with Crippen LogP contribution in [0.1, 0.15) is 22.3 Å². The number of hydrogen-bond donors (Lipinski definition) is 0. The van der Waals surface area contributed by atoms with Crippen LogP contribution in [-0.4, -0.2) is 15.0 Å². The molecule has 250 valence electrons. The van der Waals surface area contributed by atoms with Gasteiger partial charge < -0.3 is 0 Å².